The highest BCUT2D eigenvalue weighted by Crippen LogP contribution is 2.03. The summed E-state index contributed by atoms with van der Waals surface area (Å²) < 4.78 is 23.9. The van der Waals surface area contributed by atoms with Gasteiger partial charge in [0.15, 0.2) is 0 Å². The van der Waals surface area contributed by atoms with Crippen molar-refractivity contribution in [3.05, 3.63) is 24.8 Å². The molecule has 0 rings (SSSR count). The Balaban J connectivity index is 3.32. The van der Waals surface area contributed by atoms with Gasteiger partial charge in [-0.2, -0.15) is 0 Å². The van der Waals surface area contributed by atoms with Crippen LogP contribution in [0.3, 0.4) is 0 Å². The van der Waals surface area contributed by atoms with Crippen molar-refractivity contribution in [2.75, 3.05) is 6.67 Å². The molecule has 0 saturated carbocycles. The Morgan fingerprint density at radius 2 is 2.20 bits per heavy atom. The molecular formula is C8H12F2. The van der Waals surface area contributed by atoms with Gasteiger partial charge < -0.3 is 0 Å². The Kier molecular flexibility index (Phi) is 6.03. The van der Waals surface area contributed by atoms with Crippen molar-refractivity contribution in [2.24, 2.45) is 0 Å². The second kappa shape index (κ2) is 6.46. The number of halogens is 2. The van der Waals surface area contributed by atoms with Crippen LogP contribution in [0.2, 0.25) is 0 Å². The van der Waals surface area contributed by atoms with E-state index in [-0.39, 0.29) is 6.42 Å². The van der Waals surface area contributed by atoms with E-state index in [0.717, 1.165) is 0 Å². The van der Waals surface area contributed by atoms with Crippen LogP contribution in [0.1, 0.15) is 12.8 Å². The van der Waals surface area contributed by atoms with Gasteiger partial charge in [-0.15, -0.1) is 0 Å². The van der Waals surface area contributed by atoms with Gasteiger partial charge in [0.05, 0.1) is 6.67 Å². The lowest BCUT2D eigenvalue weighted by molar-refractivity contribution is 0.346. The fourth-order valence-electron chi connectivity index (χ4n) is 0.568. The lowest BCUT2D eigenvalue weighted by Crippen LogP contribution is -1.94. The van der Waals surface area contributed by atoms with E-state index >= 15 is 0 Å². The number of hydrogen-bond acceptors (Lipinski definition) is 0. The Hall–Kier alpha value is -0.660. The normalized spacial score (nSPS) is 13.8. The summed E-state index contributed by atoms with van der Waals surface area (Å²) in [4.78, 5) is 0. The van der Waals surface area contributed by atoms with Crippen LogP contribution < -0.4 is 0 Å². The predicted molar refractivity (Wildman–Crippen MR) is 39.4 cm³/mol. The summed E-state index contributed by atoms with van der Waals surface area (Å²) in [6.07, 6.45) is 3.95. The highest BCUT2D eigenvalue weighted by Gasteiger charge is 1.98. The molecule has 0 aliphatic heterocycles. The molecule has 0 aromatic rings. The van der Waals surface area contributed by atoms with Crippen molar-refractivity contribution < 1.29 is 8.78 Å². The Morgan fingerprint density at radius 1 is 1.50 bits per heavy atom. The summed E-state index contributed by atoms with van der Waals surface area (Å²) in [5, 5.41) is 0. The van der Waals surface area contributed by atoms with Gasteiger partial charge in [0.2, 0.25) is 0 Å². The first kappa shape index (κ1) is 9.34. The molecule has 58 valence electrons. The van der Waals surface area contributed by atoms with Crippen molar-refractivity contribution in [1.82, 2.24) is 0 Å². The number of alkyl halides is 2. The molecule has 0 nitrogen and oxygen atoms in total. The van der Waals surface area contributed by atoms with Crippen LogP contribution in [-0.4, -0.2) is 12.8 Å². The monoisotopic (exact) mass is 146 g/mol. The van der Waals surface area contributed by atoms with Crippen LogP contribution in [0.25, 0.3) is 0 Å². The molecular weight excluding hydrogens is 134 g/mol. The molecule has 0 aliphatic carbocycles. The largest absolute Gasteiger partial charge is 0.251 e. The molecule has 2 heteroatoms. The van der Waals surface area contributed by atoms with Crippen LogP contribution in [0.5, 0.6) is 0 Å². The topological polar surface area (TPSA) is 0 Å². The first-order chi connectivity index (χ1) is 4.81. The van der Waals surface area contributed by atoms with Gasteiger partial charge in [0.1, 0.15) is 6.17 Å². The second-order valence-corrected chi connectivity index (χ2v) is 1.97. The van der Waals surface area contributed by atoms with E-state index in [2.05, 4.69) is 6.58 Å². The minimum Gasteiger partial charge on any atom is -0.251 e. The minimum atomic E-state index is -1.02. The zero-order valence-corrected chi connectivity index (χ0v) is 5.89. The van der Waals surface area contributed by atoms with Crippen LogP contribution in [0.4, 0.5) is 8.78 Å². The molecule has 0 radical (unpaired) electrons. The molecule has 0 N–H and O–H groups in total. The number of rotatable bonds is 5. The fourth-order valence-corrected chi connectivity index (χ4v) is 0.568. The Labute approximate surface area is 60.2 Å². The van der Waals surface area contributed by atoms with Crippen molar-refractivity contribution in [2.45, 2.75) is 19.0 Å². The molecule has 0 spiro atoms. The summed E-state index contributed by atoms with van der Waals surface area (Å²) in [5.74, 6) is 0. The van der Waals surface area contributed by atoms with Crippen molar-refractivity contribution in [3.63, 3.8) is 0 Å². The van der Waals surface area contributed by atoms with Gasteiger partial charge in [-0.05, 0) is 12.8 Å². The van der Waals surface area contributed by atoms with Crippen LogP contribution >= 0.6 is 0 Å². The van der Waals surface area contributed by atoms with Crippen LogP contribution in [0.15, 0.2) is 24.8 Å². The van der Waals surface area contributed by atoms with Gasteiger partial charge in [-0.25, -0.2) is 4.39 Å². The highest BCUT2D eigenvalue weighted by molar-refractivity contribution is 5.00. The summed E-state index contributed by atoms with van der Waals surface area (Å²) in [6.45, 7) is 2.94. The summed E-state index contributed by atoms with van der Waals surface area (Å²) >= 11 is 0. The molecule has 0 heterocycles. The van der Waals surface area contributed by atoms with Gasteiger partial charge in [-0.1, -0.05) is 24.8 Å². The smallest absolute Gasteiger partial charge is 0.119 e. The SMILES string of the molecule is C=CC=CC(F)CCCF. The third-order valence-electron chi connectivity index (χ3n) is 1.07. The molecule has 1 atom stereocenters. The van der Waals surface area contributed by atoms with Crippen LogP contribution in [0, 0.1) is 0 Å². The minimum absolute atomic E-state index is 0.265. The Morgan fingerprint density at radius 3 is 2.70 bits per heavy atom. The van der Waals surface area contributed by atoms with E-state index in [1.54, 1.807) is 0 Å². The summed E-state index contributed by atoms with van der Waals surface area (Å²) in [5.41, 5.74) is 0. The molecule has 1 unspecified atom stereocenters. The molecule has 10 heavy (non-hydrogen) atoms. The second-order valence-electron chi connectivity index (χ2n) is 1.97. The average Bonchev–Trinajstić information content (AvgIpc) is 1.97. The predicted octanol–water partition coefficient (Wildman–Crippen LogP) is 2.82. The number of hydrogen-bond donors (Lipinski definition) is 0. The molecule has 0 bridgehead atoms. The highest BCUT2D eigenvalue weighted by atomic mass is 19.1. The zero-order chi connectivity index (χ0) is 7.82. The fraction of sp³-hybridized carbons (Fsp3) is 0.500. The standard InChI is InChI=1S/C8H12F2/c1-2-3-5-8(10)6-4-7-9/h2-3,5,8H,1,4,6-7H2. The van der Waals surface area contributed by atoms with E-state index < -0.39 is 12.8 Å². The molecule has 0 aromatic heterocycles. The van der Waals surface area contributed by atoms with Crippen molar-refractivity contribution in [1.29, 1.82) is 0 Å². The lowest BCUT2D eigenvalue weighted by atomic mass is 10.2. The maximum Gasteiger partial charge on any atom is 0.119 e. The van der Waals surface area contributed by atoms with Crippen LogP contribution in [-0.2, 0) is 0 Å². The average molecular weight is 146 g/mol. The first-order valence-corrected chi connectivity index (χ1v) is 3.30. The van der Waals surface area contributed by atoms with Crippen molar-refractivity contribution in [3.8, 4) is 0 Å². The van der Waals surface area contributed by atoms with E-state index in [1.807, 2.05) is 0 Å². The first-order valence-electron chi connectivity index (χ1n) is 3.30. The van der Waals surface area contributed by atoms with Crippen molar-refractivity contribution >= 4 is 0 Å². The summed E-state index contributed by atoms with van der Waals surface area (Å²) in [7, 11) is 0. The molecule has 0 amide bonds. The number of allylic oxidation sites excluding steroid dienone is 3. The third kappa shape index (κ3) is 5.48. The Bertz CT molecular complexity index is 108. The van der Waals surface area contributed by atoms with E-state index in [1.165, 1.54) is 18.2 Å². The maximum absolute atomic E-state index is 12.5. The van der Waals surface area contributed by atoms with Gasteiger partial charge in [-0.3, -0.25) is 4.39 Å². The maximum atomic E-state index is 12.5. The molecule has 0 saturated heterocycles. The molecule has 0 aliphatic rings. The van der Waals surface area contributed by atoms with Gasteiger partial charge in [0, 0.05) is 0 Å². The van der Waals surface area contributed by atoms with Gasteiger partial charge in [0.25, 0.3) is 0 Å². The van der Waals surface area contributed by atoms with E-state index in [0.29, 0.717) is 6.42 Å². The van der Waals surface area contributed by atoms with E-state index in [9.17, 15) is 8.78 Å². The summed E-state index contributed by atoms with van der Waals surface area (Å²) in [6, 6.07) is 0. The molecule has 0 aromatic carbocycles. The quantitative estimate of drug-likeness (QED) is 0.523. The lowest BCUT2D eigenvalue weighted by Gasteiger charge is -1.97. The van der Waals surface area contributed by atoms with E-state index in [4.69, 9.17) is 0 Å². The third-order valence-corrected chi connectivity index (χ3v) is 1.07. The zero-order valence-electron chi connectivity index (χ0n) is 5.89. The molecule has 0 fully saturated rings. The van der Waals surface area contributed by atoms with Gasteiger partial charge >= 0.3 is 0 Å².